The number of rotatable bonds is 9. The molecule has 0 unspecified atom stereocenters. The zero-order valence-electron chi connectivity index (χ0n) is 12.7. The van der Waals surface area contributed by atoms with Gasteiger partial charge in [0.15, 0.2) is 0 Å². The number of halogens is 1. The van der Waals surface area contributed by atoms with Gasteiger partial charge in [-0.1, -0.05) is 6.92 Å². The summed E-state index contributed by atoms with van der Waals surface area (Å²) >= 11 is 0. The van der Waals surface area contributed by atoms with Gasteiger partial charge < -0.3 is 10.1 Å². The standard InChI is InChI=1S/C14H23FN2O3S/c1-4-16-11-12-10-13(6-7-14(12)15)21(18,19)17(3)8-9-20-5-2/h6-7,10,16H,4-5,8-9,11H2,1-3H3. The topological polar surface area (TPSA) is 58.6 Å². The average Bonchev–Trinajstić information content (AvgIpc) is 2.46. The molecule has 0 saturated carbocycles. The number of nitrogens with one attached hydrogen (secondary N) is 1. The molecule has 1 rings (SSSR count). The van der Waals surface area contributed by atoms with Crippen LogP contribution in [0.15, 0.2) is 23.1 Å². The van der Waals surface area contributed by atoms with Gasteiger partial charge in [0.05, 0.1) is 11.5 Å². The smallest absolute Gasteiger partial charge is 0.242 e. The molecule has 1 N–H and O–H groups in total. The lowest BCUT2D eigenvalue weighted by Crippen LogP contribution is -2.30. The molecule has 21 heavy (non-hydrogen) atoms. The third-order valence-corrected chi connectivity index (χ3v) is 4.90. The minimum absolute atomic E-state index is 0.0933. The Kier molecular flexibility index (Phi) is 7.24. The van der Waals surface area contributed by atoms with Gasteiger partial charge in [-0.3, -0.25) is 0 Å². The van der Waals surface area contributed by atoms with Crippen LogP contribution in [-0.2, 0) is 21.3 Å². The van der Waals surface area contributed by atoms with Gasteiger partial charge in [0.25, 0.3) is 0 Å². The first-order valence-corrected chi connectivity index (χ1v) is 8.40. The summed E-state index contributed by atoms with van der Waals surface area (Å²) in [6, 6.07) is 3.86. The molecule has 0 spiro atoms. The van der Waals surface area contributed by atoms with Crippen LogP contribution in [0.2, 0.25) is 0 Å². The molecule has 7 heteroatoms. The van der Waals surface area contributed by atoms with Gasteiger partial charge in [0, 0.05) is 32.3 Å². The molecule has 5 nitrogen and oxygen atoms in total. The summed E-state index contributed by atoms with van der Waals surface area (Å²) in [6.07, 6.45) is 0. The molecule has 0 aliphatic carbocycles. The molecule has 0 saturated heterocycles. The normalized spacial score (nSPS) is 12.0. The maximum Gasteiger partial charge on any atom is 0.242 e. The molecule has 1 aromatic rings. The zero-order valence-corrected chi connectivity index (χ0v) is 13.5. The predicted molar refractivity (Wildman–Crippen MR) is 80.1 cm³/mol. The highest BCUT2D eigenvalue weighted by molar-refractivity contribution is 7.89. The molecular formula is C14H23FN2O3S. The van der Waals surface area contributed by atoms with Crippen LogP contribution in [-0.4, -0.2) is 46.1 Å². The van der Waals surface area contributed by atoms with E-state index >= 15 is 0 Å². The van der Waals surface area contributed by atoms with Crippen LogP contribution in [0.4, 0.5) is 4.39 Å². The van der Waals surface area contributed by atoms with Crippen molar-refractivity contribution in [3.05, 3.63) is 29.6 Å². The molecule has 120 valence electrons. The van der Waals surface area contributed by atoms with E-state index in [-0.39, 0.29) is 11.4 Å². The van der Waals surface area contributed by atoms with E-state index in [2.05, 4.69) is 5.32 Å². The summed E-state index contributed by atoms with van der Waals surface area (Å²) in [4.78, 5) is 0.0933. The highest BCUT2D eigenvalue weighted by atomic mass is 32.2. The van der Waals surface area contributed by atoms with Gasteiger partial charge in [0.2, 0.25) is 10.0 Å². The Morgan fingerprint density at radius 3 is 2.67 bits per heavy atom. The van der Waals surface area contributed by atoms with E-state index in [0.29, 0.717) is 31.9 Å². The second-order valence-corrected chi connectivity index (χ2v) is 6.60. The first kappa shape index (κ1) is 18.0. The fourth-order valence-corrected chi connectivity index (χ4v) is 2.95. The van der Waals surface area contributed by atoms with Crippen LogP contribution < -0.4 is 5.32 Å². The molecule has 0 bridgehead atoms. The number of sulfonamides is 1. The molecule has 0 radical (unpaired) electrons. The number of hydrogen-bond acceptors (Lipinski definition) is 4. The van der Waals surface area contributed by atoms with Gasteiger partial charge in [0.1, 0.15) is 5.82 Å². The monoisotopic (exact) mass is 318 g/mol. The minimum Gasteiger partial charge on any atom is -0.380 e. The summed E-state index contributed by atoms with van der Waals surface area (Å²) in [6.45, 7) is 5.87. The van der Waals surface area contributed by atoms with Crippen LogP contribution in [0.1, 0.15) is 19.4 Å². The minimum atomic E-state index is -3.62. The zero-order chi connectivity index (χ0) is 15.9. The van der Waals surface area contributed by atoms with E-state index in [4.69, 9.17) is 4.74 Å². The number of benzene rings is 1. The second-order valence-electron chi connectivity index (χ2n) is 4.56. The molecule has 0 fully saturated rings. The molecule has 0 amide bonds. The molecule has 0 aliphatic heterocycles. The van der Waals surface area contributed by atoms with Crippen molar-refractivity contribution in [2.24, 2.45) is 0 Å². The number of ether oxygens (including phenoxy) is 1. The summed E-state index contributed by atoms with van der Waals surface area (Å²) in [5, 5.41) is 2.99. The van der Waals surface area contributed by atoms with Crippen LogP contribution in [0, 0.1) is 5.82 Å². The highest BCUT2D eigenvalue weighted by Crippen LogP contribution is 2.18. The van der Waals surface area contributed by atoms with E-state index in [0.717, 1.165) is 0 Å². The summed E-state index contributed by atoms with van der Waals surface area (Å²) in [7, 11) is -2.14. The summed E-state index contributed by atoms with van der Waals surface area (Å²) in [5.41, 5.74) is 0.344. The third kappa shape index (κ3) is 5.03. The lowest BCUT2D eigenvalue weighted by atomic mass is 10.2. The van der Waals surface area contributed by atoms with Crippen LogP contribution >= 0.6 is 0 Å². The second kappa shape index (κ2) is 8.43. The molecule has 0 aliphatic rings. The van der Waals surface area contributed by atoms with E-state index in [1.165, 1.54) is 29.6 Å². The lowest BCUT2D eigenvalue weighted by molar-refractivity contribution is 0.138. The Morgan fingerprint density at radius 1 is 1.33 bits per heavy atom. The maximum absolute atomic E-state index is 13.7. The highest BCUT2D eigenvalue weighted by Gasteiger charge is 2.21. The predicted octanol–water partition coefficient (Wildman–Crippen LogP) is 1.59. The summed E-state index contributed by atoms with van der Waals surface area (Å²) in [5.74, 6) is -0.410. The largest absolute Gasteiger partial charge is 0.380 e. The SMILES string of the molecule is CCNCc1cc(S(=O)(=O)N(C)CCOCC)ccc1F. The van der Waals surface area contributed by atoms with E-state index in [1.54, 1.807) is 0 Å². The maximum atomic E-state index is 13.7. The van der Waals surface area contributed by atoms with Crippen molar-refractivity contribution in [2.75, 3.05) is 33.4 Å². The number of likely N-dealkylation sites (N-methyl/N-ethyl adjacent to an activating group) is 1. The van der Waals surface area contributed by atoms with Gasteiger partial charge in [-0.05, 0) is 31.7 Å². The Balaban J connectivity index is 2.92. The van der Waals surface area contributed by atoms with Crippen molar-refractivity contribution in [1.82, 2.24) is 9.62 Å². The number of hydrogen-bond donors (Lipinski definition) is 1. The van der Waals surface area contributed by atoms with E-state index in [9.17, 15) is 12.8 Å². The Bertz CT molecular complexity index is 549. The number of nitrogens with zero attached hydrogens (tertiary/aromatic N) is 1. The first-order chi connectivity index (χ1) is 9.93. The van der Waals surface area contributed by atoms with Gasteiger partial charge >= 0.3 is 0 Å². The van der Waals surface area contributed by atoms with E-state index < -0.39 is 15.8 Å². The van der Waals surface area contributed by atoms with Crippen molar-refractivity contribution in [3.63, 3.8) is 0 Å². The van der Waals surface area contributed by atoms with Gasteiger partial charge in [-0.25, -0.2) is 12.8 Å². The Hall–Kier alpha value is -1.02. The van der Waals surface area contributed by atoms with Crippen LogP contribution in [0.5, 0.6) is 0 Å². The average molecular weight is 318 g/mol. The van der Waals surface area contributed by atoms with Crippen LogP contribution in [0.3, 0.4) is 0 Å². The van der Waals surface area contributed by atoms with Crippen molar-refractivity contribution >= 4 is 10.0 Å². The van der Waals surface area contributed by atoms with Crippen molar-refractivity contribution < 1.29 is 17.5 Å². The Labute approximate surface area is 126 Å². The molecule has 0 aromatic heterocycles. The van der Waals surface area contributed by atoms with Gasteiger partial charge in [-0.2, -0.15) is 4.31 Å². The van der Waals surface area contributed by atoms with Crippen LogP contribution in [0.25, 0.3) is 0 Å². The first-order valence-electron chi connectivity index (χ1n) is 6.96. The molecule has 0 heterocycles. The fraction of sp³-hybridized carbons (Fsp3) is 0.571. The molecule has 1 aromatic carbocycles. The quantitative estimate of drug-likeness (QED) is 0.703. The van der Waals surface area contributed by atoms with E-state index in [1.807, 2.05) is 13.8 Å². The lowest BCUT2D eigenvalue weighted by Gasteiger charge is -2.17. The third-order valence-electron chi connectivity index (χ3n) is 3.05. The van der Waals surface area contributed by atoms with Crippen molar-refractivity contribution in [3.8, 4) is 0 Å². The Morgan fingerprint density at radius 2 is 2.05 bits per heavy atom. The molecule has 0 atom stereocenters. The van der Waals surface area contributed by atoms with Gasteiger partial charge in [-0.15, -0.1) is 0 Å². The summed E-state index contributed by atoms with van der Waals surface area (Å²) < 4.78 is 44.8. The van der Waals surface area contributed by atoms with Crippen molar-refractivity contribution in [2.45, 2.75) is 25.3 Å². The molecular weight excluding hydrogens is 295 g/mol. The fourth-order valence-electron chi connectivity index (χ4n) is 1.74. The van der Waals surface area contributed by atoms with Crippen molar-refractivity contribution in [1.29, 1.82) is 0 Å².